The van der Waals surface area contributed by atoms with Gasteiger partial charge in [-0.15, -0.1) is 0 Å². The number of hydrogen-bond acceptors (Lipinski definition) is 3. The third kappa shape index (κ3) is 3.43. The van der Waals surface area contributed by atoms with Gasteiger partial charge in [-0.2, -0.15) is 0 Å². The van der Waals surface area contributed by atoms with Gasteiger partial charge in [0.2, 0.25) is 0 Å². The fourth-order valence-electron chi connectivity index (χ4n) is 1.90. The Balaban J connectivity index is 1.92. The number of hydrogen-bond donors (Lipinski definition) is 1. The van der Waals surface area contributed by atoms with Crippen LogP contribution in [0.5, 0.6) is 0 Å². The molecule has 3 nitrogen and oxygen atoms in total. The Kier molecular flexibility index (Phi) is 4.55. The van der Waals surface area contributed by atoms with Crippen molar-refractivity contribution in [3.63, 3.8) is 0 Å². The summed E-state index contributed by atoms with van der Waals surface area (Å²) in [5.74, 6) is 0.750. The minimum atomic E-state index is -0.707. The molecule has 18 heavy (non-hydrogen) atoms. The SMILES string of the molecule is CC(CCS(C)=O)NCc1coc2ccccc12. The van der Waals surface area contributed by atoms with Gasteiger partial charge in [-0.25, -0.2) is 0 Å². The highest BCUT2D eigenvalue weighted by Crippen LogP contribution is 2.20. The first-order valence-corrected chi connectivity index (χ1v) is 7.88. The second kappa shape index (κ2) is 6.16. The van der Waals surface area contributed by atoms with E-state index in [-0.39, 0.29) is 0 Å². The molecule has 2 atom stereocenters. The number of fused-ring (bicyclic) bond motifs is 1. The van der Waals surface area contributed by atoms with Crippen LogP contribution in [0.15, 0.2) is 34.9 Å². The van der Waals surface area contributed by atoms with E-state index >= 15 is 0 Å². The van der Waals surface area contributed by atoms with Crippen LogP contribution >= 0.6 is 0 Å². The van der Waals surface area contributed by atoms with E-state index in [4.69, 9.17) is 4.42 Å². The summed E-state index contributed by atoms with van der Waals surface area (Å²) in [7, 11) is -0.707. The topological polar surface area (TPSA) is 42.2 Å². The molecule has 98 valence electrons. The van der Waals surface area contributed by atoms with Crippen LogP contribution < -0.4 is 5.32 Å². The molecular weight excluding hydrogens is 246 g/mol. The fourth-order valence-corrected chi connectivity index (χ4v) is 2.58. The van der Waals surface area contributed by atoms with Crippen LogP contribution in [0.25, 0.3) is 11.0 Å². The highest BCUT2D eigenvalue weighted by atomic mass is 32.2. The molecular formula is C14H19NO2S. The van der Waals surface area contributed by atoms with Crippen LogP contribution in [0.2, 0.25) is 0 Å². The quantitative estimate of drug-likeness (QED) is 0.873. The van der Waals surface area contributed by atoms with Gasteiger partial charge in [0.25, 0.3) is 0 Å². The molecule has 0 fully saturated rings. The van der Waals surface area contributed by atoms with E-state index in [9.17, 15) is 4.21 Å². The molecule has 1 N–H and O–H groups in total. The molecule has 0 aliphatic carbocycles. The second-order valence-electron chi connectivity index (χ2n) is 4.61. The van der Waals surface area contributed by atoms with E-state index in [0.29, 0.717) is 6.04 Å². The lowest BCUT2D eigenvalue weighted by atomic mass is 10.1. The second-order valence-corrected chi connectivity index (χ2v) is 6.16. The molecule has 4 heteroatoms. The lowest BCUT2D eigenvalue weighted by Gasteiger charge is -2.12. The molecule has 0 aliphatic heterocycles. The van der Waals surface area contributed by atoms with Crippen molar-refractivity contribution in [2.75, 3.05) is 12.0 Å². The molecule has 1 aromatic heterocycles. The van der Waals surface area contributed by atoms with E-state index in [1.807, 2.05) is 24.5 Å². The molecule has 0 aliphatic rings. The molecule has 0 amide bonds. The van der Waals surface area contributed by atoms with Gasteiger partial charge in [-0.3, -0.25) is 4.21 Å². The molecule has 0 saturated carbocycles. The highest BCUT2D eigenvalue weighted by molar-refractivity contribution is 7.84. The molecule has 2 unspecified atom stereocenters. The van der Waals surface area contributed by atoms with Gasteiger partial charge in [-0.05, 0) is 19.4 Å². The van der Waals surface area contributed by atoms with Crippen LogP contribution in [0.3, 0.4) is 0 Å². The number of para-hydroxylation sites is 1. The lowest BCUT2D eigenvalue weighted by molar-refractivity contribution is 0.530. The van der Waals surface area contributed by atoms with Crippen molar-refractivity contribution in [2.24, 2.45) is 0 Å². The molecule has 0 bridgehead atoms. The van der Waals surface area contributed by atoms with Crippen molar-refractivity contribution < 1.29 is 8.63 Å². The van der Waals surface area contributed by atoms with Crippen molar-refractivity contribution in [3.05, 3.63) is 36.1 Å². The smallest absolute Gasteiger partial charge is 0.134 e. The summed E-state index contributed by atoms with van der Waals surface area (Å²) in [6.45, 7) is 2.91. The molecule has 0 spiro atoms. The van der Waals surface area contributed by atoms with E-state index in [1.54, 1.807) is 6.26 Å². The van der Waals surface area contributed by atoms with Gasteiger partial charge in [0.15, 0.2) is 0 Å². The van der Waals surface area contributed by atoms with E-state index in [2.05, 4.69) is 18.3 Å². The zero-order valence-electron chi connectivity index (χ0n) is 10.8. The average Bonchev–Trinajstić information content (AvgIpc) is 2.77. The number of benzene rings is 1. The van der Waals surface area contributed by atoms with Gasteiger partial charge in [0, 0.05) is 46.3 Å². The summed E-state index contributed by atoms with van der Waals surface area (Å²) in [6.07, 6.45) is 4.48. The third-order valence-electron chi connectivity index (χ3n) is 3.04. The first-order valence-electron chi connectivity index (χ1n) is 6.15. The summed E-state index contributed by atoms with van der Waals surface area (Å²) >= 11 is 0. The Morgan fingerprint density at radius 3 is 2.94 bits per heavy atom. The zero-order valence-corrected chi connectivity index (χ0v) is 11.6. The predicted octanol–water partition coefficient (Wildman–Crippen LogP) is 2.68. The largest absolute Gasteiger partial charge is 0.464 e. The molecule has 0 saturated heterocycles. The minimum absolute atomic E-state index is 0.363. The van der Waals surface area contributed by atoms with Crippen LogP contribution in [-0.2, 0) is 17.3 Å². The zero-order chi connectivity index (χ0) is 13.0. The van der Waals surface area contributed by atoms with Crippen molar-refractivity contribution in [3.8, 4) is 0 Å². The average molecular weight is 265 g/mol. The minimum Gasteiger partial charge on any atom is -0.464 e. The number of furan rings is 1. The van der Waals surface area contributed by atoms with Gasteiger partial charge >= 0.3 is 0 Å². The van der Waals surface area contributed by atoms with Gasteiger partial charge in [-0.1, -0.05) is 18.2 Å². The monoisotopic (exact) mass is 265 g/mol. The van der Waals surface area contributed by atoms with Crippen molar-refractivity contribution >= 4 is 21.8 Å². The maximum Gasteiger partial charge on any atom is 0.134 e. The van der Waals surface area contributed by atoms with Gasteiger partial charge in [0.1, 0.15) is 5.58 Å². The maximum atomic E-state index is 11.0. The van der Waals surface area contributed by atoms with Crippen molar-refractivity contribution in [1.29, 1.82) is 0 Å². The Morgan fingerprint density at radius 1 is 1.39 bits per heavy atom. The molecule has 1 heterocycles. The van der Waals surface area contributed by atoms with Crippen molar-refractivity contribution in [1.82, 2.24) is 5.32 Å². The maximum absolute atomic E-state index is 11.0. The highest BCUT2D eigenvalue weighted by Gasteiger charge is 2.07. The van der Waals surface area contributed by atoms with E-state index in [1.165, 1.54) is 5.56 Å². The summed E-state index contributed by atoms with van der Waals surface area (Å²) in [5, 5.41) is 4.60. The standard InChI is InChI=1S/C14H19NO2S/c1-11(7-8-18(2)16)15-9-12-10-17-14-6-4-3-5-13(12)14/h3-6,10-11,15H,7-9H2,1-2H3. The Labute approximate surface area is 110 Å². The van der Waals surface area contributed by atoms with E-state index < -0.39 is 10.8 Å². The van der Waals surface area contributed by atoms with Crippen LogP contribution in [-0.4, -0.2) is 22.3 Å². The summed E-state index contributed by atoms with van der Waals surface area (Å²) in [4.78, 5) is 0. The van der Waals surface area contributed by atoms with Gasteiger partial charge in [0.05, 0.1) is 6.26 Å². The molecule has 2 rings (SSSR count). The Hall–Kier alpha value is -1.13. The van der Waals surface area contributed by atoms with Crippen LogP contribution in [0.1, 0.15) is 18.9 Å². The van der Waals surface area contributed by atoms with Gasteiger partial charge < -0.3 is 9.73 Å². The Bertz CT molecular complexity index is 535. The summed E-state index contributed by atoms with van der Waals surface area (Å²) < 4.78 is 16.5. The summed E-state index contributed by atoms with van der Waals surface area (Å²) in [5.41, 5.74) is 2.10. The Morgan fingerprint density at radius 2 is 2.17 bits per heavy atom. The fraction of sp³-hybridized carbons (Fsp3) is 0.429. The number of nitrogens with one attached hydrogen (secondary N) is 1. The van der Waals surface area contributed by atoms with Crippen LogP contribution in [0, 0.1) is 0 Å². The normalized spacial score (nSPS) is 14.8. The summed E-state index contributed by atoms with van der Waals surface area (Å²) in [6, 6.07) is 8.40. The number of rotatable bonds is 6. The molecule has 1 aromatic carbocycles. The van der Waals surface area contributed by atoms with E-state index in [0.717, 1.165) is 29.7 Å². The third-order valence-corrected chi connectivity index (χ3v) is 3.85. The first kappa shape index (κ1) is 13.3. The predicted molar refractivity (Wildman–Crippen MR) is 76.1 cm³/mol. The van der Waals surface area contributed by atoms with Crippen molar-refractivity contribution in [2.45, 2.75) is 25.9 Å². The molecule has 0 radical (unpaired) electrons. The molecule has 2 aromatic rings. The lowest BCUT2D eigenvalue weighted by Crippen LogP contribution is -2.26. The van der Waals surface area contributed by atoms with Crippen LogP contribution in [0.4, 0.5) is 0 Å². The first-order chi connectivity index (χ1) is 8.66.